The van der Waals surface area contributed by atoms with E-state index in [-0.39, 0.29) is 5.91 Å². The summed E-state index contributed by atoms with van der Waals surface area (Å²) < 4.78 is 0. The Hall–Kier alpha value is -1.42. The molecular formula is C13H19N3O. The normalized spacial score (nSPS) is 24.1. The first-order valence-electron chi connectivity index (χ1n) is 6.06. The summed E-state index contributed by atoms with van der Waals surface area (Å²) >= 11 is 0. The van der Waals surface area contributed by atoms with Crippen molar-refractivity contribution in [1.82, 2.24) is 9.88 Å². The summed E-state index contributed by atoms with van der Waals surface area (Å²) in [5.41, 5.74) is 6.97. The van der Waals surface area contributed by atoms with E-state index in [4.69, 9.17) is 5.73 Å². The molecule has 1 aromatic heterocycles. The average molecular weight is 233 g/mol. The summed E-state index contributed by atoms with van der Waals surface area (Å²) in [6.45, 7) is 6.49. The smallest absolute Gasteiger partial charge is 0.272 e. The van der Waals surface area contributed by atoms with Gasteiger partial charge in [-0.2, -0.15) is 0 Å². The summed E-state index contributed by atoms with van der Waals surface area (Å²) in [5.74, 6) is 1.18. The van der Waals surface area contributed by atoms with Crippen LogP contribution in [0.1, 0.15) is 29.9 Å². The predicted molar refractivity (Wildman–Crippen MR) is 66.4 cm³/mol. The zero-order valence-corrected chi connectivity index (χ0v) is 10.4. The lowest BCUT2D eigenvalue weighted by Gasteiger charge is -2.15. The molecule has 0 aliphatic carbocycles. The summed E-state index contributed by atoms with van der Waals surface area (Å²) in [7, 11) is 0. The molecule has 2 atom stereocenters. The molecule has 1 saturated heterocycles. The van der Waals surface area contributed by atoms with Crippen LogP contribution in [0.25, 0.3) is 0 Å². The number of carbonyl (C=O) groups is 1. The molecule has 2 heterocycles. The van der Waals surface area contributed by atoms with E-state index in [2.05, 4.69) is 18.8 Å². The first kappa shape index (κ1) is 12.0. The Labute approximate surface area is 102 Å². The number of likely N-dealkylation sites (tertiary alicyclic amines) is 1. The number of pyridine rings is 1. The Kier molecular flexibility index (Phi) is 3.43. The maximum absolute atomic E-state index is 12.2. The average Bonchev–Trinajstić information content (AvgIpc) is 2.69. The van der Waals surface area contributed by atoms with Crippen LogP contribution in [-0.2, 0) is 6.54 Å². The lowest BCUT2D eigenvalue weighted by atomic mass is 10.0. The monoisotopic (exact) mass is 233 g/mol. The van der Waals surface area contributed by atoms with Crippen LogP contribution in [-0.4, -0.2) is 28.9 Å². The van der Waals surface area contributed by atoms with Crippen LogP contribution in [0, 0.1) is 11.8 Å². The van der Waals surface area contributed by atoms with Crippen molar-refractivity contribution in [2.45, 2.75) is 20.4 Å². The van der Waals surface area contributed by atoms with Crippen LogP contribution in [0.15, 0.2) is 18.3 Å². The molecule has 0 spiro atoms. The van der Waals surface area contributed by atoms with Gasteiger partial charge in [-0.3, -0.25) is 9.78 Å². The Morgan fingerprint density at radius 3 is 2.53 bits per heavy atom. The first-order chi connectivity index (χ1) is 8.11. The number of rotatable bonds is 2. The number of amides is 1. The fraction of sp³-hybridized carbons (Fsp3) is 0.538. The van der Waals surface area contributed by atoms with Gasteiger partial charge in [0.1, 0.15) is 5.69 Å². The SMILES string of the molecule is CC1CN(C(=O)c2ccc(CN)cn2)CC1C. The molecule has 4 heteroatoms. The minimum absolute atomic E-state index is 0.0322. The van der Waals surface area contributed by atoms with Gasteiger partial charge in [0.15, 0.2) is 0 Å². The third kappa shape index (κ3) is 2.47. The second-order valence-corrected chi connectivity index (χ2v) is 4.92. The van der Waals surface area contributed by atoms with Crippen LogP contribution in [0.3, 0.4) is 0 Å². The maximum atomic E-state index is 12.2. The number of aromatic nitrogens is 1. The number of hydrogen-bond acceptors (Lipinski definition) is 3. The van der Waals surface area contributed by atoms with Gasteiger partial charge in [-0.1, -0.05) is 19.9 Å². The first-order valence-corrected chi connectivity index (χ1v) is 6.06. The van der Waals surface area contributed by atoms with Gasteiger partial charge in [-0.15, -0.1) is 0 Å². The van der Waals surface area contributed by atoms with E-state index in [0.717, 1.165) is 18.7 Å². The summed E-state index contributed by atoms with van der Waals surface area (Å²) in [6.07, 6.45) is 1.68. The molecule has 1 aliphatic heterocycles. The van der Waals surface area contributed by atoms with Crippen molar-refractivity contribution < 1.29 is 4.79 Å². The zero-order chi connectivity index (χ0) is 12.4. The molecule has 2 rings (SSSR count). The molecule has 4 nitrogen and oxygen atoms in total. The van der Waals surface area contributed by atoms with Crippen molar-refractivity contribution in [3.8, 4) is 0 Å². The lowest BCUT2D eigenvalue weighted by Crippen LogP contribution is -2.29. The third-order valence-corrected chi connectivity index (χ3v) is 3.55. The third-order valence-electron chi connectivity index (χ3n) is 3.55. The second-order valence-electron chi connectivity index (χ2n) is 4.92. The number of nitrogens with two attached hydrogens (primary N) is 1. The van der Waals surface area contributed by atoms with Crippen molar-refractivity contribution in [3.63, 3.8) is 0 Å². The van der Waals surface area contributed by atoms with E-state index in [0.29, 0.717) is 24.1 Å². The minimum atomic E-state index is 0.0322. The van der Waals surface area contributed by atoms with Crippen LogP contribution in [0.4, 0.5) is 0 Å². The highest BCUT2D eigenvalue weighted by atomic mass is 16.2. The fourth-order valence-electron chi connectivity index (χ4n) is 2.13. The van der Waals surface area contributed by atoms with Crippen LogP contribution in [0.2, 0.25) is 0 Å². The predicted octanol–water partition coefficient (Wildman–Crippen LogP) is 1.27. The minimum Gasteiger partial charge on any atom is -0.337 e. The van der Waals surface area contributed by atoms with Gasteiger partial charge in [0.05, 0.1) is 0 Å². The standard InChI is InChI=1S/C13H19N3O/c1-9-7-16(8-10(9)2)13(17)12-4-3-11(5-14)6-15-12/h3-4,6,9-10H,5,7-8,14H2,1-2H3. The molecule has 0 saturated carbocycles. The zero-order valence-electron chi connectivity index (χ0n) is 10.4. The van der Waals surface area contributed by atoms with E-state index in [9.17, 15) is 4.79 Å². The van der Waals surface area contributed by atoms with Gasteiger partial charge < -0.3 is 10.6 Å². The van der Waals surface area contributed by atoms with E-state index >= 15 is 0 Å². The van der Waals surface area contributed by atoms with Crippen molar-refractivity contribution in [3.05, 3.63) is 29.6 Å². The Morgan fingerprint density at radius 1 is 1.41 bits per heavy atom. The Balaban J connectivity index is 2.09. The number of hydrogen-bond donors (Lipinski definition) is 1. The molecule has 17 heavy (non-hydrogen) atoms. The topological polar surface area (TPSA) is 59.2 Å². The van der Waals surface area contributed by atoms with Gasteiger partial charge in [0, 0.05) is 25.8 Å². The number of carbonyl (C=O) groups excluding carboxylic acids is 1. The van der Waals surface area contributed by atoms with Gasteiger partial charge in [0.2, 0.25) is 0 Å². The van der Waals surface area contributed by atoms with Crippen LogP contribution >= 0.6 is 0 Å². The molecule has 1 aromatic rings. The Morgan fingerprint density at radius 2 is 2.06 bits per heavy atom. The van der Waals surface area contributed by atoms with E-state index in [1.807, 2.05) is 11.0 Å². The fourth-order valence-corrected chi connectivity index (χ4v) is 2.13. The molecule has 1 aliphatic rings. The highest BCUT2D eigenvalue weighted by Gasteiger charge is 2.30. The van der Waals surface area contributed by atoms with Crippen molar-refractivity contribution in [2.24, 2.45) is 17.6 Å². The van der Waals surface area contributed by atoms with Gasteiger partial charge in [0.25, 0.3) is 5.91 Å². The van der Waals surface area contributed by atoms with E-state index in [1.54, 1.807) is 12.3 Å². The summed E-state index contributed by atoms with van der Waals surface area (Å²) in [6, 6.07) is 3.63. The van der Waals surface area contributed by atoms with Crippen molar-refractivity contribution in [1.29, 1.82) is 0 Å². The molecule has 0 bridgehead atoms. The Bertz CT molecular complexity index is 392. The quantitative estimate of drug-likeness (QED) is 0.836. The summed E-state index contributed by atoms with van der Waals surface area (Å²) in [4.78, 5) is 18.2. The molecule has 0 aromatic carbocycles. The van der Waals surface area contributed by atoms with Crippen molar-refractivity contribution in [2.75, 3.05) is 13.1 Å². The van der Waals surface area contributed by atoms with Crippen LogP contribution in [0.5, 0.6) is 0 Å². The molecule has 0 radical (unpaired) electrons. The molecule has 2 unspecified atom stereocenters. The molecule has 1 fully saturated rings. The lowest BCUT2D eigenvalue weighted by molar-refractivity contribution is 0.0779. The molecule has 92 valence electrons. The highest BCUT2D eigenvalue weighted by molar-refractivity contribution is 5.92. The number of nitrogens with zero attached hydrogens (tertiary/aromatic N) is 2. The van der Waals surface area contributed by atoms with Crippen molar-refractivity contribution >= 4 is 5.91 Å². The molecule has 1 amide bonds. The van der Waals surface area contributed by atoms with Gasteiger partial charge in [-0.05, 0) is 23.5 Å². The van der Waals surface area contributed by atoms with E-state index in [1.165, 1.54) is 0 Å². The van der Waals surface area contributed by atoms with Gasteiger partial charge >= 0.3 is 0 Å². The second kappa shape index (κ2) is 4.84. The molecule has 2 N–H and O–H groups in total. The highest BCUT2D eigenvalue weighted by Crippen LogP contribution is 2.23. The van der Waals surface area contributed by atoms with Crippen LogP contribution < -0.4 is 5.73 Å². The largest absolute Gasteiger partial charge is 0.337 e. The van der Waals surface area contributed by atoms with E-state index < -0.39 is 0 Å². The molecular weight excluding hydrogens is 214 g/mol. The van der Waals surface area contributed by atoms with Gasteiger partial charge in [-0.25, -0.2) is 0 Å². The maximum Gasteiger partial charge on any atom is 0.272 e. The summed E-state index contributed by atoms with van der Waals surface area (Å²) in [5, 5.41) is 0.